The van der Waals surface area contributed by atoms with Gasteiger partial charge in [0, 0.05) is 11.1 Å². The van der Waals surface area contributed by atoms with Crippen LogP contribution in [0.1, 0.15) is 22.3 Å². The van der Waals surface area contributed by atoms with Crippen molar-refractivity contribution in [2.24, 2.45) is 10.1 Å². The summed E-state index contributed by atoms with van der Waals surface area (Å²) < 4.78 is 25.2. The minimum absolute atomic E-state index is 0.0439. The minimum atomic E-state index is -0.556. The third kappa shape index (κ3) is 5.00. The van der Waals surface area contributed by atoms with Gasteiger partial charge in [0.05, 0.1) is 17.7 Å². The van der Waals surface area contributed by atoms with Crippen molar-refractivity contribution in [2.75, 3.05) is 7.11 Å². The van der Waals surface area contributed by atoms with Gasteiger partial charge in [0.2, 0.25) is 5.17 Å². The number of benzene rings is 3. The predicted molar refractivity (Wildman–Crippen MR) is 144 cm³/mol. The molecule has 3 aromatic rings. The molecule has 0 aliphatic carbocycles. The van der Waals surface area contributed by atoms with Gasteiger partial charge in [-0.15, -0.1) is 0 Å². The van der Waals surface area contributed by atoms with Crippen LogP contribution in [-0.2, 0) is 11.4 Å². The zero-order valence-electron chi connectivity index (χ0n) is 19.8. The van der Waals surface area contributed by atoms with E-state index in [-0.39, 0.29) is 34.6 Å². The fraction of sp³-hybridized carbons (Fsp3) is 0.111. The number of halogens is 2. The first kappa shape index (κ1) is 24.7. The molecule has 0 aromatic heterocycles. The Labute approximate surface area is 221 Å². The average Bonchev–Trinajstić information content (AvgIpc) is 3.31. The van der Waals surface area contributed by atoms with Gasteiger partial charge in [-0.1, -0.05) is 59.6 Å². The van der Waals surface area contributed by atoms with Gasteiger partial charge in [0.15, 0.2) is 17.3 Å². The number of nitrogens with zero attached hydrogens (tertiary/aromatic N) is 3. The molecule has 5 rings (SSSR count). The predicted octanol–water partition coefficient (Wildman–Crippen LogP) is 6.04. The molecule has 186 valence electrons. The number of aliphatic imine (C=N–C) groups is 1. The fourth-order valence-corrected chi connectivity index (χ4v) is 4.87. The highest BCUT2D eigenvalue weighted by Crippen LogP contribution is 2.38. The summed E-state index contributed by atoms with van der Waals surface area (Å²) in [6, 6.07) is 17.3. The van der Waals surface area contributed by atoms with Crippen molar-refractivity contribution < 1.29 is 18.7 Å². The molecular weight excluding hydrogens is 515 g/mol. The number of amides is 1. The molecule has 10 heteroatoms. The Bertz CT molecular complexity index is 1520. The molecule has 0 spiro atoms. The maximum atomic E-state index is 14.0. The Hall–Kier alpha value is -3.95. The minimum Gasteiger partial charge on any atom is -0.493 e. The van der Waals surface area contributed by atoms with Gasteiger partial charge in [-0.3, -0.25) is 10.2 Å². The first-order valence-corrected chi connectivity index (χ1v) is 12.3. The number of hydrogen-bond donors (Lipinski definition) is 1. The molecule has 0 atom stereocenters. The van der Waals surface area contributed by atoms with Crippen LogP contribution in [0, 0.1) is 18.2 Å². The number of carbonyl (C=O) groups excluding carboxylic acids is 1. The Balaban J connectivity index is 1.41. The molecule has 0 bridgehead atoms. The van der Waals surface area contributed by atoms with Crippen LogP contribution in [0.4, 0.5) is 4.39 Å². The summed E-state index contributed by atoms with van der Waals surface area (Å²) in [5.74, 6) is -0.505. The number of rotatable bonds is 6. The maximum absolute atomic E-state index is 14.0. The molecule has 7 nitrogen and oxygen atoms in total. The van der Waals surface area contributed by atoms with E-state index in [0.717, 1.165) is 11.1 Å². The summed E-state index contributed by atoms with van der Waals surface area (Å²) in [6.45, 7) is 1.95. The number of nitrogens with one attached hydrogen (secondary N) is 1. The molecule has 37 heavy (non-hydrogen) atoms. The standard InChI is InChI=1S/C27H20ClFN4O3S/c1-15-7-9-17(10-8-15)26-32-33-24(30)19(25(34)31-27(33)37-26)11-16-12-20(28)23(22(13-16)35-2)36-14-18-5-3-4-6-21(18)29/h3-13,30H,14H2,1-2H3/b19-11-,30-24?. The van der Waals surface area contributed by atoms with Gasteiger partial charge < -0.3 is 9.47 Å². The average molecular weight is 535 g/mol. The lowest BCUT2D eigenvalue weighted by molar-refractivity contribution is -0.114. The summed E-state index contributed by atoms with van der Waals surface area (Å²) in [5, 5.41) is 15.7. The summed E-state index contributed by atoms with van der Waals surface area (Å²) in [6.07, 6.45) is 1.50. The third-order valence-corrected chi connectivity index (χ3v) is 6.88. The van der Waals surface area contributed by atoms with Crippen molar-refractivity contribution in [3.63, 3.8) is 0 Å². The van der Waals surface area contributed by atoms with Gasteiger partial charge >= 0.3 is 0 Å². The largest absolute Gasteiger partial charge is 0.493 e. The van der Waals surface area contributed by atoms with Gasteiger partial charge in [-0.25, -0.2) is 4.39 Å². The van der Waals surface area contributed by atoms with Crippen LogP contribution in [-0.4, -0.2) is 34.1 Å². The lowest BCUT2D eigenvalue weighted by atomic mass is 10.1. The fourth-order valence-electron chi connectivity index (χ4n) is 3.70. The lowest BCUT2D eigenvalue weighted by Crippen LogP contribution is -2.35. The zero-order chi connectivity index (χ0) is 26.1. The highest BCUT2D eigenvalue weighted by molar-refractivity contribution is 8.27. The van der Waals surface area contributed by atoms with Gasteiger partial charge in [-0.2, -0.15) is 15.1 Å². The van der Waals surface area contributed by atoms with Gasteiger partial charge in [-0.05, 0) is 48.5 Å². The third-order valence-electron chi connectivity index (χ3n) is 5.65. The van der Waals surface area contributed by atoms with Crippen LogP contribution in [0.3, 0.4) is 0 Å². The Morgan fingerprint density at radius 1 is 1.16 bits per heavy atom. The molecule has 2 aliphatic rings. The normalized spacial score (nSPS) is 16.0. The summed E-state index contributed by atoms with van der Waals surface area (Å²) in [7, 11) is 1.45. The first-order valence-electron chi connectivity index (χ1n) is 11.1. The first-order chi connectivity index (χ1) is 17.8. The second-order valence-corrected chi connectivity index (χ2v) is 9.57. The molecule has 1 N–H and O–H groups in total. The lowest BCUT2D eigenvalue weighted by Gasteiger charge is -2.20. The number of amidine groups is 2. The van der Waals surface area contributed by atoms with Crippen LogP contribution in [0.2, 0.25) is 5.02 Å². The van der Waals surface area contributed by atoms with Crippen LogP contribution < -0.4 is 9.47 Å². The Kier molecular flexibility index (Phi) is 6.82. The smallest absolute Gasteiger partial charge is 0.283 e. The van der Waals surface area contributed by atoms with E-state index in [9.17, 15) is 9.18 Å². The summed E-state index contributed by atoms with van der Waals surface area (Å²) in [5.41, 5.74) is 2.92. The van der Waals surface area contributed by atoms with Crippen LogP contribution in [0.5, 0.6) is 11.5 Å². The maximum Gasteiger partial charge on any atom is 0.283 e. The number of hydrazone groups is 1. The number of carbonyl (C=O) groups is 1. The van der Waals surface area contributed by atoms with Crippen LogP contribution in [0.25, 0.3) is 6.08 Å². The molecule has 0 fully saturated rings. The molecule has 3 aromatic carbocycles. The quantitative estimate of drug-likeness (QED) is 0.389. The molecule has 0 unspecified atom stereocenters. The Morgan fingerprint density at radius 2 is 1.92 bits per heavy atom. The van der Waals surface area contributed by atoms with Crippen molar-refractivity contribution in [1.29, 1.82) is 5.41 Å². The highest BCUT2D eigenvalue weighted by Gasteiger charge is 2.36. The van der Waals surface area contributed by atoms with Crippen molar-refractivity contribution in [3.05, 3.63) is 99.3 Å². The van der Waals surface area contributed by atoms with E-state index in [4.69, 9.17) is 26.5 Å². The number of fused-ring (bicyclic) bond motifs is 1. The number of aryl methyl sites for hydroxylation is 1. The molecule has 1 amide bonds. The van der Waals surface area contributed by atoms with Crippen molar-refractivity contribution in [1.82, 2.24) is 5.01 Å². The molecule has 2 aliphatic heterocycles. The van der Waals surface area contributed by atoms with Gasteiger partial charge in [0.1, 0.15) is 17.5 Å². The summed E-state index contributed by atoms with van der Waals surface area (Å²) >= 11 is 7.70. The molecule has 0 radical (unpaired) electrons. The molecule has 2 heterocycles. The van der Waals surface area contributed by atoms with Crippen molar-refractivity contribution >= 4 is 51.4 Å². The van der Waals surface area contributed by atoms with E-state index in [0.29, 0.717) is 27.1 Å². The van der Waals surface area contributed by atoms with E-state index in [1.165, 1.54) is 36.0 Å². The van der Waals surface area contributed by atoms with Crippen LogP contribution in [0.15, 0.2) is 76.3 Å². The van der Waals surface area contributed by atoms with E-state index in [1.807, 2.05) is 31.2 Å². The molecular formula is C27H20ClFN4O3S. The second-order valence-electron chi connectivity index (χ2n) is 8.21. The summed E-state index contributed by atoms with van der Waals surface area (Å²) in [4.78, 5) is 17.0. The van der Waals surface area contributed by atoms with E-state index in [2.05, 4.69) is 10.1 Å². The zero-order valence-corrected chi connectivity index (χ0v) is 21.4. The monoisotopic (exact) mass is 534 g/mol. The van der Waals surface area contributed by atoms with Crippen LogP contribution >= 0.6 is 23.4 Å². The van der Waals surface area contributed by atoms with Crippen molar-refractivity contribution in [3.8, 4) is 11.5 Å². The van der Waals surface area contributed by atoms with E-state index < -0.39 is 5.91 Å². The Morgan fingerprint density at radius 3 is 2.65 bits per heavy atom. The van der Waals surface area contributed by atoms with Crippen molar-refractivity contribution in [2.45, 2.75) is 13.5 Å². The topological polar surface area (TPSA) is 87.3 Å². The van der Waals surface area contributed by atoms with Gasteiger partial charge in [0.25, 0.3) is 5.91 Å². The number of thioether (sulfide) groups is 1. The molecule has 0 saturated carbocycles. The number of methoxy groups -OCH3 is 1. The number of hydrogen-bond acceptors (Lipinski definition) is 6. The number of ether oxygens (including phenoxy) is 2. The van der Waals surface area contributed by atoms with E-state index >= 15 is 0 Å². The molecule has 0 saturated heterocycles. The highest BCUT2D eigenvalue weighted by atomic mass is 35.5. The van der Waals surface area contributed by atoms with E-state index in [1.54, 1.807) is 30.3 Å². The SMILES string of the molecule is COc1cc(/C=C2/C(=N)N3N=C(c4ccc(C)cc4)SC3=NC2=O)cc(Cl)c1OCc1ccccc1F. The second kappa shape index (κ2) is 10.2.